The minimum absolute atomic E-state index is 0.205. The minimum atomic E-state index is -3.26. The van der Waals surface area contributed by atoms with Crippen LogP contribution < -0.4 is 4.74 Å². The fourth-order valence-electron chi connectivity index (χ4n) is 1.75. The van der Waals surface area contributed by atoms with Crippen LogP contribution in [-0.2, 0) is 9.84 Å². The SMILES string of the molecule is Cc1cc(Oc2cccc(S(C)(=O)=O)c2)ccc1C=O. The van der Waals surface area contributed by atoms with Gasteiger partial charge in [0.2, 0.25) is 0 Å². The predicted molar refractivity (Wildman–Crippen MR) is 76.2 cm³/mol. The highest BCUT2D eigenvalue weighted by Gasteiger charge is 2.08. The quantitative estimate of drug-likeness (QED) is 0.812. The number of ether oxygens (including phenoxy) is 1. The third kappa shape index (κ3) is 3.24. The summed E-state index contributed by atoms with van der Waals surface area (Å²) < 4.78 is 28.6. The lowest BCUT2D eigenvalue weighted by molar-refractivity contribution is 0.112. The van der Waals surface area contributed by atoms with Crippen molar-refractivity contribution in [3.05, 3.63) is 53.6 Å². The van der Waals surface area contributed by atoms with Gasteiger partial charge in [0.25, 0.3) is 0 Å². The maximum atomic E-state index is 11.5. The lowest BCUT2D eigenvalue weighted by Gasteiger charge is -2.08. The molecule has 0 aliphatic heterocycles. The lowest BCUT2D eigenvalue weighted by Crippen LogP contribution is -1.97. The van der Waals surface area contributed by atoms with Gasteiger partial charge in [0.1, 0.15) is 17.8 Å². The van der Waals surface area contributed by atoms with Gasteiger partial charge in [-0.15, -0.1) is 0 Å². The van der Waals surface area contributed by atoms with Crippen molar-refractivity contribution in [3.8, 4) is 11.5 Å². The van der Waals surface area contributed by atoms with E-state index in [2.05, 4.69) is 0 Å². The van der Waals surface area contributed by atoms with Crippen LogP contribution in [0, 0.1) is 6.92 Å². The predicted octanol–water partition coefficient (Wildman–Crippen LogP) is 3.00. The van der Waals surface area contributed by atoms with Gasteiger partial charge in [0, 0.05) is 11.8 Å². The molecule has 0 N–H and O–H groups in total. The van der Waals surface area contributed by atoms with E-state index < -0.39 is 9.84 Å². The maximum Gasteiger partial charge on any atom is 0.175 e. The van der Waals surface area contributed by atoms with Gasteiger partial charge in [0.15, 0.2) is 9.84 Å². The molecule has 0 unspecified atom stereocenters. The van der Waals surface area contributed by atoms with Crippen molar-refractivity contribution in [1.82, 2.24) is 0 Å². The van der Waals surface area contributed by atoms with E-state index in [0.29, 0.717) is 17.1 Å². The Bertz CT molecular complexity index is 748. The Balaban J connectivity index is 2.31. The summed E-state index contributed by atoms with van der Waals surface area (Å²) >= 11 is 0. The monoisotopic (exact) mass is 290 g/mol. The van der Waals surface area contributed by atoms with Crippen LogP contribution in [0.15, 0.2) is 47.4 Å². The molecule has 0 radical (unpaired) electrons. The summed E-state index contributed by atoms with van der Waals surface area (Å²) in [5, 5.41) is 0. The van der Waals surface area contributed by atoms with Crippen LogP contribution in [0.4, 0.5) is 0 Å². The van der Waals surface area contributed by atoms with Crippen molar-refractivity contribution in [2.45, 2.75) is 11.8 Å². The van der Waals surface area contributed by atoms with Crippen LogP contribution in [0.3, 0.4) is 0 Å². The molecule has 0 fully saturated rings. The summed E-state index contributed by atoms with van der Waals surface area (Å²) in [5.74, 6) is 0.991. The highest BCUT2D eigenvalue weighted by molar-refractivity contribution is 7.90. The summed E-state index contributed by atoms with van der Waals surface area (Å²) in [6, 6.07) is 11.4. The van der Waals surface area contributed by atoms with Gasteiger partial charge in [-0.25, -0.2) is 8.42 Å². The molecule has 5 heteroatoms. The number of benzene rings is 2. The summed E-state index contributed by atoms with van der Waals surface area (Å²) in [4.78, 5) is 10.9. The van der Waals surface area contributed by atoms with Gasteiger partial charge in [-0.2, -0.15) is 0 Å². The van der Waals surface area contributed by atoms with Crippen LogP contribution in [0.25, 0.3) is 0 Å². The Morgan fingerprint density at radius 3 is 2.35 bits per heavy atom. The van der Waals surface area contributed by atoms with Crippen molar-refractivity contribution >= 4 is 16.1 Å². The third-order valence-electron chi connectivity index (χ3n) is 2.84. The molecule has 0 aromatic heterocycles. The number of aldehydes is 1. The summed E-state index contributed by atoms with van der Waals surface area (Å²) in [7, 11) is -3.26. The van der Waals surface area contributed by atoms with Gasteiger partial charge >= 0.3 is 0 Å². The van der Waals surface area contributed by atoms with E-state index >= 15 is 0 Å². The van der Waals surface area contributed by atoms with E-state index in [0.717, 1.165) is 18.1 Å². The van der Waals surface area contributed by atoms with Crippen LogP contribution >= 0.6 is 0 Å². The van der Waals surface area contributed by atoms with Gasteiger partial charge in [0.05, 0.1) is 4.90 Å². The van der Waals surface area contributed by atoms with E-state index in [1.54, 1.807) is 30.3 Å². The zero-order chi connectivity index (χ0) is 14.8. The van der Waals surface area contributed by atoms with Crippen molar-refractivity contribution < 1.29 is 17.9 Å². The number of hydrogen-bond donors (Lipinski definition) is 0. The number of hydrogen-bond acceptors (Lipinski definition) is 4. The Hall–Kier alpha value is -2.14. The molecule has 0 heterocycles. The van der Waals surface area contributed by atoms with Gasteiger partial charge in [-0.05, 0) is 48.9 Å². The first kappa shape index (κ1) is 14.3. The minimum Gasteiger partial charge on any atom is -0.457 e. The van der Waals surface area contributed by atoms with E-state index in [1.807, 2.05) is 6.92 Å². The second-order valence-corrected chi connectivity index (χ2v) is 6.50. The molecule has 2 aromatic rings. The molecule has 20 heavy (non-hydrogen) atoms. The molecule has 104 valence electrons. The lowest BCUT2D eigenvalue weighted by atomic mass is 10.1. The molecule has 0 bridgehead atoms. The number of sulfone groups is 1. The maximum absolute atomic E-state index is 11.5. The van der Waals surface area contributed by atoms with Gasteiger partial charge < -0.3 is 4.74 Å². The molecule has 4 nitrogen and oxygen atoms in total. The highest BCUT2D eigenvalue weighted by atomic mass is 32.2. The van der Waals surface area contributed by atoms with Crippen LogP contribution in [0.5, 0.6) is 11.5 Å². The second kappa shape index (κ2) is 5.46. The fraction of sp³-hybridized carbons (Fsp3) is 0.133. The molecular weight excluding hydrogens is 276 g/mol. The first-order valence-corrected chi connectivity index (χ1v) is 7.83. The van der Waals surface area contributed by atoms with Crippen LogP contribution in [0.2, 0.25) is 0 Å². The first-order chi connectivity index (χ1) is 9.40. The second-order valence-electron chi connectivity index (χ2n) is 4.49. The van der Waals surface area contributed by atoms with E-state index in [9.17, 15) is 13.2 Å². The number of aryl methyl sites for hydroxylation is 1. The van der Waals surface area contributed by atoms with E-state index in [-0.39, 0.29) is 4.90 Å². The zero-order valence-electron chi connectivity index (χ0n) is 11.2. The van der Waals surface area contributed by atoms with Crippen LogP contribution in [-0.4, -0.2) is 21.0 Å². The molecule has 0 aliphatic rings. The Kier molecular flexibility index (Phi) is 3.90. The molecule has 2 aromatic carbocycles. The van der Waals surface area contributed by atoms with E-state index in [4.69, 9.17) is 4.74 Å². The van der Waals surface area contributed by atoms with Crippen molar-refractivity contribution in [2.75, 3.05) is 6.26 Å². The van der Waals surface area contributed by atoms with Gasteiger partial charge in [-0.1, -0.05) is 6.07 Å². The number of rotatable bonds is 4. The molecular formula is C15H14O4S. The third-order valence-corrected chi connectivity index (χ3v) is 3.95. The Morgan fingerprint density at radius 2 is 1.75 bits per heavy atom. The zero-order valence-corrected chi connectivity index (χ0v) is 12.0. The Morgan fingerprint density at radius 1 is 1.05 bits per heavy atom. The van der Waals surface area contributed by atoms with Crippen molar-refractivity contribution in [3.63, 3.8) is 0 Å². The highest BCUT2D eigenvalue weighted by Crippen LogP contribution is 2.25. The fourth-order valence-corrected chi connectivity index (χ4v) is 2.40. The number of carbonyl (C=O) groups is 1. The molecule has 0 amide bonds. The molecule has 0 aliphatic carbocycles. The van der Waals surface area contributed by atoms with Crippen LogP contribution in [0.1, 0.15) is 15.9 Å². The molecule has 0 saturated carbocycles. The molecule has 2 rings (SSSR count). The number of carbonyl (C=O) groups excluding carboxylic acids is 1. The standard InChI is InChI=1S/C15H14O4S/c1-11-8-14(7-6-12(11)10-16)19-13-4-3-5-15(9-13)20(2,17)18/h3-10H,1-2H3. The normalized spacial score (nSPS) is 11.1. The first-order valence-electron chi connectivity index (χ1n) is 5.94. The van der Waals surface area contributed by atoms with Crippen molar-refractivity contribution in [1.29, 1.82) is 0 Å². The average Bonchev–Trinajstić information content (AvgIpc) is 2.38. The Labute approximate surface area is 117 Å². The van der Waals surface area contributed by atoms with E-state index in [1.165, 1.54) is 12.1 Å². The molecule has 0 spiro atoms. The smallest absolute Gasteiger partial charge is 0.175 e. The molecule has 0 atom stereocenters. The largest absolute Gasteiger partial charge is 0.457 e. The summed E-state index contributed by atoms with van der Waals surface area (Å²) in [5.41, 5.74) is 1.40. The topological polar surface area (TPSA) is 60.4 Å². The van der Waals surface area contributed by atoms with Crippen molar-refractivity contribution in [2.24, 2.45) is 0 Å². The average molecular weight is 290 g/mol. The van der Waals surface area contributed by atoms with Gasteiger partial charge in [-0.3, -0.25) is 4.79 Å². The summed E-state index contributed by atoms with van der Waals surface area (Å²) in [6.07, 6.45) is 1.93. The molecule has 0 saturated heterocycles. The summed E-state index contributed by atoms with van der Waals surface area (Å²) in [6.45, 7) is 1.81.